The van der Waals surface area contributed by atoms with Gasteiger partial charge in [0.1, 0.15) is 44.7 Å². The molecule has 23 rings (SSSR count). The van der Waals surface area contributed by atoms with Crippen molar-refractivity contribution in [1.82, 2.24) is 19.9 Å². The van der Waals surface area contributed by atoms with E-state index in [9.17, 15) is 0 Å². The molecule has 0 unspecified atom stereocenters. The van der Waals surface area contributed by atoms with E-state index in [4.69, 9.17) is 37.6 Å². The van der Waals surface area contributed by atoms with Gasteiger partial charge in [-0.1, -0.05) is 334 Å². The van der Waals surface area contributed by atoms with E-state index < -0.39 is 0 Å². The standard InChI is InChI=1S/C110H66N4O4/c1-5-25-71(26-6-1)77-63-64-92(109-111-93(88-41-21-37-84-80-33-13-17-45-97(80)115-105(84)88)65-94(112-109)89-42-22-38-85-81-34-14-18-46-98(81)116-106(85)89)103(101(77)74-29-9-3-10-30-74)76-59-55-70(56-60-76)68-51-49-67(50-52-68)69-53-57-73(58-54-69)79-62-61-78(72-27-7-2-8-28-72)102(75-31-11-4-12-32-75)104(79)110-113-95(90-43-23-39-86-82-35-15-19-47-99(82)117-107(86)90)66-96(114-110)91-44-24-40-87-83-36-16-20-48-100(83)118-108(87)91/h1-66H. The van der Waals surface area contributed by atoms with Gasteiger partial charge in [-0.05, 0) is 145 Å². The number of para-hydroxylation sites is 8. The quantitative estimate of drug-likeness (QED) is 0.106. The average Bonchev–Trinajstić information content (AvgIpc) is 1.12. The number of rotatable bonds is 14. The molecule has 0 radical (unpaired) electrons. The van der Waals surface area contributed by atoms with Gasteiger partial charge >= 0.3 is 0 Å². The number of benzene rings is 17. The van der Waals surface area contributed by atoms with Crippen molar-refractivity contribution in [3.05, 3.63) is 400 Å². The molecular weight excluding hydrogens is 1440 g/mol. The Balaban J connectivity index is 0.650. The van der Waals surface area contributed by atoms with Gasteiger partial charge in [-0.15, -0.1) is 0 Å². The van der Waals surface area contributed by atoms with Crippen LogP contribution in [0, 0.1) is 0 Å². The minimum atomic E-state index is 0.557. The van der Waals surface area contributed by atoms with Crippen LogP contribution in [0.15, 0.2) is 418 Å². The first-order valence-electron chi connectivity index (χ1n) is 39.8. The van der Waals surface area contributed by atoms with Gasteiger partial charge in [0.25, 0.3) is 0 Å². The smallest absolute Gasteiger partial charge is 0.161 e. The van der Waals surface area contributed by atoms with Crippen molar-refractivity contribution >= 4 is 87.8 Å². The maximum absolute atomic E-state index is 6.81. The summed E-state index contributed by atoms with van der Waals surface area (Å²) in [6, 6.07) is 141. The van der Waals surface area contributed by atoms with E-state index in [0.29, 0.717) is 23.0 Å². The Hall–Kier alpha value is -15.9. The molecule has 8 heteroatoms. The van der Waals surface area contributed by atoms with Gasteiger partial charge < -0.3 is 17.7 Å². The molecule has 0 aliphatic rings. The molecule has 0 saturated carbocycles. The second-order valence-corrected chi connectivity index (χ2v) is 30.1. The van der Waals surface area contributed by atoms with Gasteiger partial charge in [0.2, 0.25) is 0 Å². The van der Waals surface area contributed by atoms with E-state index in [0.717, 1.165) is 222 Å². The summed E-state index contributed by atoms with van der Waals surface area (Å²) in [7, 11) is 0. The number of furan rings is 4. The van der Waals surface area contributed by atoms with Gasteiger partial charge in [0.05, 0.1) is 22.8 Å². The predicted molar refractivity (Wildman–Crippen MR) is 483 cm³/mol. The van der Waals surface area contributed by atoms with E-state index in [1.807, 2.05) is 48.5 Å². The molecule has 0 fully saturated rings. The molecule has 0 spiro atoms. The topological polar surface area (TPSA) is 104 Å². The summed E-state index contributed by atoms with van der Waals surface area (Å²) in [5.41, 5.74) is 31.1. The predicted octanol–water partition coefficient (Wildman–Crippen LogP) is 30.2. The van der Waals surface area contributed by atoms with Crippen LogP contribution in [0.25, 0.3) is 245 Å². The molecule has 0 N–H and O–H groups in total. The molecule has 0 amide bonds. The molecule has 0 bridgehead atoms. The maximum atomic E-state index is 6.81. The third kappa shape index (κ3) is 11.5. The third-order valence-corrected chi connectivity index (χ3v) is 23.3. The van der Waals surface area contributed by atoms with Crippen LogP contribution in [0.3, 0.4) is 0 Å². The lowest BCUT2D eigenvalue weighted by Gasteiger charge is -2.21. The Morgan fingerprint density at radius 1 is 0.144 bits per heavy atom. The lowest BCUT2D eigenvalue weighted by atomic mass is 9.84. The van der Waals surface area contributed by atoms with Crippen molar-refractivity contribution in [3.8, 4) is 157 Å². The van der Waals surface area contributed by atoms with E-state index in [1.165, 1.54) is 0 Å². The van der Waals surface area contributed by atoms with Crippen LogP contribution < -0.4 is 0 Å². The summed E-state index contributed by atoms with van der Waals surface area (Å²) in [6.45, 7) is 0. The van der Waals surface area contributed by atoms with E-state index >= 15 is 0 Å². The zero-order valence-electron chi connectivity index (χ0n) is 63.5. The minimum absolute atomic E-state index is 0.557. The molecule has 6 aromatic heterocycles. The fourth-order valence-electron chi connectivity index (χ4n) is 17.7. The monoisotopic (exact) mass is 1510 g/mol. The maximum Gasteiger partial charge on any atom is 0.161 e. The van der Waals surface area contributed by atoms with Crippen LogP contribution in [0.2, 0.25) is 0 Å². The fraction of sp³-hybridized carbons (Fsp3) is 0. The molecule has 8 nitrogen and oxygen atoms in total. The van der Waals surface area contributed by atoms with Gasteiger partial charge in [-0.3, -0.25) is 0 Å². The number of aromatic nitrogens is 4. The normalized spacial score (nSPS) is 11.7. The van der Waals surface area contributed by atoms with Crippen molar-refractivity contribution < 1.29 is 17.7 Å². The van der Waals surface area contributed by atoms with Crippen molar-refractivity contribution in [3.63, 3.8) is 0 Å². The van der Waals surface area contributed by atoms with Crippen LogP contribution in [0.1, 0.15) is 0 Å². The van der Waals surface area contributed by atoms with Crippen molar-refractivity contribution in [1.29, 1.82) is 0 Å². The SMILES string of the molecule is c1ccc(-c2ccc(-c3nc(-c4cccc5c4oc4ccccc45)cc(-c4cccc5c4oc4ccccc45)n3)c(-c3ccc(-c4ccc(-c5ccc(-c6ccc(-c7ccccc7)c(-c7ccccc7)c6-c6nc(-c7cccc8c7oc7ccccc78)cc(-c7cccc8c7oc7ccccc78)n6)cc5)cc4)cc3)c2-c2ccccc2)cc1. The van der Waals surface area contributed by atoms with Crippen LogP contribution in [0.4, 0.5) is 0 Å². The van der Waals surface area contributed by atoms with Crippen molar-refractivity contribution in [2.45, 2.75) is 0 Å². The van der Waals surface area contributed by atoms with Gasteiger partial charge in [-0.2, -0.15) is 0 Å². The number of hydrogen-bond donors (Lipinski definition) is 0. The summed E-state index contributed by atoms with van der Waals surface area (Å²) < 4.78 is 27.2. The number of nitrogens with zero attached hydrogens (tertiary/aromatic N) is 4. The van der Waals surface area contributed by atoms with Gasteiger partial charge in [-0.25, -0.2) is 19.9 Å². The highest BCUT2D eigenvalue weighted by Gasteiger charge is 2.29. The first kappa shape index (κ1) is 67.8. The molecule has 23 aromatic rings. The lowest BCUT2D eigenvalue weighted by molar-refractivity contribution is 0.669. The third-order valence-electron chi connectivity index (χ3n) is 23.3. The first-order chi connectivity index (χ1) is 58.5. The number of hydrogen-bond acceptors (Lipinski definition) is 8. The Labute approximate surface area is 678 Å². The zero-order valence-corrected chi connectivity index (χ0v) is 63.5. The van der Waals surface area contributed by atoms with Crippen LogP contribution >= 0.6 is 0 Å². The molecule has 0 aliphatic carbocycles. The second kappa shape index (κ2) is 28.0. The Bertz CT molecular complexity index is 7620. The van der Waals surface area contributed by atoms with Gasteiger partial charge in [0, 0.05) is 87.6 Å². The van der Waals surface area contributed by atoms with E-state index in [1.54, 1.807) is 0 Å². The molecule has 0 saturated heterocycles. The highest BCUT2D eigenvalue weighted by Crippen LogP contribution is 2.51. The molecule has 6 heterocycles. The molecule has 118 heavy (non-hydrogen) atoms. The fourth-order valence-corrected chi connectivity index (χ4v) is 17.7. The summed E-state index contributed by atoms with van der Waals surface area (Å²) in [5.74, 6) is 1.12. The molecule has 17 aromatic carbocycles. The van der Waals surface area contributed by atoms with Crippen LogP contribution in [0.5, 0.6) is 0 Å². The molecule has 550 valence electrons. The van der Waals surface area contributed by atoms with Crippen molar-refractivity contribution in [2.24, 2.45) is 0 Å². The van der Waals surface area contributed by atoms with E-state index in [2.05, 4.69) is 352 Å². The highest BCUT2D eigenvalue weighted by molar-refractivity contribution is 6.14. The average molecular weight is 1510 g/mol. The summed E-state index contributed by atoms with van der Waals surface area (Å²) in [4.78, 5) is 22.8. The Morgan fingerprint density at radius 2 is 0.373 bits per heavy atom. The lowest BCUT2D eigenvalue weighted by Crippen LogP contribution is -2.01. The molecule has 0 aliphatic heterocycles. The highest BCUT2D eigenvalue weighted by atomic mass is 16.3. The molecule has 0 atom stereocenters. The molecular formula is C110H66N4O4. The second-order valence-electron chi connectivity index (χ2n) is 30.1. The zero-order chi connectivity index (χ0) is 77.7. The summed E-state index contributed by atoms with van der Waals surface area (Å²) >= 11 is 0. The number of fused-ring (bicyclic) bond motifs is 12. The summed E-state index contributed by atoms with van der Waals surface area (Å²) in [5, 5.41) is 8.22. The Kier molecular flexibility index (Phi) is 16.1. The van der Waals surface area contributed by atoms with E-state index in [-0.39, 0.29) is 0 Å². The first-order valence-corrected chi connectivity index (χ1v) is 39.8. The van der Waals surface area contributed by atoms with Crippen molar-refractivity contribution in [2.75, 3.05) is 0 Å². The summed E-state index contributed by atoms with van der Waals surface area (Å²) in [6.07, 6.45) is 0. The minimum Gasteiger partial charge on any atom is -0.455 e. The van der Waals surface area contributed by atoms with Crippen LogP contribution in [-0.2, 0) is 0 Å². The Morgan fingerprint density at radius 3 is 0.712 bits per heavy atom. The van der Waals surface area contributed by atoms with Gasteiger partial charge in [0.15, 0.2) is 11.6 Å². The van der Waals surface area contributed by atoms with Crippen LogP contribution in [-0.4, -0.2) is 19.9 Å². The largest absolute Gasteiger partial charge is 0.455 e.